The van der Waals surface area contributed by atoms with Gasteiger partial charge in [0.05, 0.1) is 13.7 Å². The molecule has 0 spiro atoms. The van der Waals surface area contributed by atoms with Crippen molar-refractivity contribution in [2.75, 3.05) is 7.11 Å². The summed E-state index contributed by atoms with van der Waals surface area (Å²) in [7, 11) is 1.51. The Labute approximate surface area is 164 Å². The minimum atomic E-state index is -2.89. The van der Waals surface area contributed by atoms with Crippen LogP contribution in [-0.4, -0.2) is 25.7 Å². The van der Waals surface area contributed by atoms with Gasteiger partial charge in [-0.1, -0.05) is 25.7 Å². The molecular weight excluding hydrogens is 443 g/mol. The van der Waals surface area contributed by atoms with Crippen molar-refractivity contribution in [1.82, 2.24) is 5.32 Å². The van der Waals surface area contributed by atoms with Crippen LogP contribution in [0.25, 0.3) is 0 Å². The molecule has 1 aromatic rings. The molecular formula is C17H26F2IN3O2. The average molecular weight is 469 g/mol. The molecule has 1 aliphatic carbocycles. The number of benzene rings is 1. The molecule has 1 aromatic carbocycles. The molecule has 25 heavy (non-hydrogen) atoms. The molecule has 1 aliphatic rings. The molecule has 0 amide bonds. The Bertz CT molecular complexity index is 551. The Morgan fingerprint density at radius 3 is 2.56 bits per heavy atom. The van der Waals surface area contributed by atoms with Crippen LogP contribution in [0.1, 0.15) is 44.1 Å². The van der Waals surface area contributed by atoms with Gasteiger partial charge < -0.3 is 20.5 Å². The van der Waals surface area contributed by atoms with Crippen LogP contribution >= 0.6 is 24.0 Å². The molecule has 2 rings (SSSR count). The lowest BCUT2D eigenvalue weighted by Gasteiger charge is -2.17. The van der Waals surface area contributed by atoms with Crippen molar-refractivity contribution in [1.29, 1.82) is 0 Å². The Morgan fingerprint density at radius 2 is 1.96 bits per heavy atom. The Kier molecular flexibility index (Phi) is 9.84. The van der Waals surface area contributed by atoms with E-state index < -0.39 is 6.61 Å². The maximum atomic E-state index is 12.5. The van der Waals surface area contributed by atoms with Crippen molar-refractivity contribution >= 4 is 29.9 Å². The Hall–Kier alpha value is -1.32. The third kappa shape index (κ3) is 7.62. The minimum absolute atomic E-state index is 0. The molecule has 3 N–H and O–H groups in total. The number of halogens is 3. The van der Waals surface area contributed by atoms with Crippen molar-refractivity contribution < 1.29 is 18.3 Å². The first-order valence-electron chi connectivity index (χ1n) is 8.26. The number of nitrogens with zero attached hydrogens (tertiary/aromatic N) is 1. The first kappa shape index (κ1) is 21.7. The van der Waals surface area contributed by atoms with Gasteiger partial charge in [0.1, 0.15) is 11.5 Å². The number of rotatable bonds is 6. The lowest BCUT2D eigenvalue weighted by molar-refractivity contribution is -0.0504. The lowest BCUT2D eigenvalue weighted by Crippen LogP contribution is -2.39. The number of alkyl halides is 2. The second-order valence-corrected chi connectivity index (χ2v) is 5.89. The number of hydrogen-bond acceptors (Lipinski definition) is 3. The third-order valence-corrected chi connectivity index (χ3v) is 4.11. The summed E-state index contributed by atoms with van der Waals surface area (Å²) >= 11 is 0. The average Bonchev–Trinajstić information content (AvgIpc) is 2.82. The van der Waals surface area contributed by atoms with Crippen LogP contribution in [0.4, 0.5) is 8.78 Å². The van der Waals surface area contributed by atoms with Gasteiger partial charge in [0.15, 0.2) is 5.96 Å². The number of guanidine groups is 1. The van der Waals surface area contributed by atoms with E-state index in [2.05, 4.69) is 15.0 Å². The molecule has 0 aromatic heterocycles. The Morgan fingerprint density at radius 1 is 1.28 bits per heavy atom. The van der Waals surface area contributed by atoms with Crippen LogP contribution in [0.15, 0.2) is 23.2 Å². The first-order chi connectivity index (χ1) is 11.6. The smallest absolute Gasteiger partial charge is 0.387 e. The molecule has 0 radical (unpaired) electrons. The highest BCUT2D eigenvalue weighted by atomic mass is 127. The molecule has 5 nitrogen and oxygen atoms in total. The van der Waals surface area contributed by atoms with Crippen LogP contribution in [0.2, 0.25) is 0 Å². The zero-order chi connectivity index (χ0) is 17.4. The van der Waals surface area contributed by atoms with Gasteiger partial charge in [0.2, 0.25) is 0 Å². The molecule has 0 atom stereocenters. The van der Waals surface area contributed by atoms with Gasteiger partial charge in [0, 0.05) is 11.6 Å². The summed E-state index contributed by atoms with van der Waals surface area (Å²) in [5.74, 6) is 0.960. The number of nitrogens with one attached hydrogen (secondary N) is 1. The highest BCUT2D eigenvalue weighted by Crippen LogP contribution is 2.26. The number of ether oxygens (including phenoxy) is 2. The summed E-state index contributed by atoms with van der Waals surface area (Å²) in [6.07, 6.45) is 7.05. The quantitative estimate of drug-likeness (QED) is 0.286. The number of nitrogens with two attached hydrogens (primary N) is 1. The first-order valence-corrected chi connectivity index (χ1v) is 8.26. The molecule has 0 saturated heterocycles. The zero-order valence-electron chi connectivity index (χ0n) is 14.3. The van der Waals surface area contributed by atoms with Crippen LogP contribution in [0.3, 0.4) is 0 Å². The van der Waals surface area contributed by atoms with E-state index in [0.29, 0.717) is 23.3 Å². The second-order valence-electron chi connectivity index (χ2n) is 5.89. The summed E-state index contributed by atoms with van der Waals surface area (Å²) in [4.78, 5) is 4.27. The minimum Gasteiger partial charge on any atom is -0.497 e. The SMILES string of the molecule is COc1ccc(OC(F)F)c(CN=C(N)NC2CCCCCC2)c1.I. The van der Waals surface area contributed by atoms with Gasteiger partial charge in [-0.25, -0.2) is 4.99 Å². The van der Waals surface area contributed by atoms with Crippen molar-refractivity contribution in [2.24, 2.45) is 10.7 Å². The molecule has 0 aliphatic heterocycles. The molecule has 1 saturated carbocycles. The summed E-state index contributed by atoms with van der Waals surface area (Å²) in [5, 5.41) is 3.23. The number of aliphatic imine (C=N–C) groups is 1. The predicted octanol–water partition coefficient (Wildman–Crippen LogP) is 4.04. The fourth-order valence-corrected chi connectivity index (χ4v) is 2.87. The Balaban J connectivity index is 0.00000312. The second kappa shape index (κ2) is 11.3. The maximum Gasteiger partial charge on any atom is 0.387 e. The van der Waals surface area contributed by atoms with Gasteiger partial charge >= 0.3 is 6.61 Å². The van der Waals surface area contributed by atoms with E-state index in [1.807, 2.05) is 0 Å². The van der Waals surface area contributed by atoms with Gasteiger partial charge in [-0.3, -0.25) is 0 Å². The van der Waals surface area contributed by atoms with Gasteiger partial charge in [-0.05, 0) is 31.0 Å². The molecule has 1 fully saturated rings. The van der Waals surface area contributed by atoms with Crippen LogP contribution in [0.5, 0.6) is 11.5 Å². The molecule has 142 valence electrons. The largest absolute Gasteiger partial charge is 0.497 e. The predicted molar refractivity (Wildman–Crippen MR) is 105 cm³/mol. The molecule has 0 unspecified atom stereocenters. The summed E-state index contributed by atoms with van der Waals surface area (Å²) in [6, 6.07) is 4.97. The van der Waals surface area contributed by atoms with Crippen molar-refractivity contribution in [2.45, 2.75) is 57.7 Å². The van der Waals surface area contributed by atoms with Crippen molar-refractivity contribution in [3.8, 4) is 11.5 Å². The molecule has 8 heteroatoms. The summed E-state index contributed by atoms with van der Waals surface area (Å²) in [5.41, 5.74) is 6.44. The number of methoxy groups -OCH3 is 1. The number of hydrogen-bond donors (Lipinski definition) is 2. The standard InChI is InChI=1S/C17H25F2N3O2.HI/c1-23-14-8-9-15(24-16(18)19)12(10-14)11-21-17(20)22-13-6-4-2-3-5-7-13;/h8-10,13,16H,2-7,11H2,1H3,(H3,20,21,22);1H. The normalized spacial score (nSPS) is 16.1. The van der Waals surface area contributed by atoms with Crippen LogP contribution < -0.4 is 20.5 Å². The zero-order valence-corrected chi connectivity index (χ0v) is 16.7. The lowest BCUT2D eigenvalue weighted by atomic mass is 10.1. The topological polar surface area (TPSA) is 68.9 Å². The van der Waals surface area contributed by atoms with E-state index in [1.165, 1.54) is 38.9 Å². The molecule has 0 heterocycles. The van der Waals surface area contributed by atoms with Gasteiger partial charge in [0.25, 0.3) is 0 Å². The van der Waals surface area contributed by atoms with E-state index in [0.717, 1.165) is 12.8 Å². The van der Waals surface area contributed by atoms with Gasteiger partial charge in [-0.15, -0.1) is 24.0 Å². The van der Waals surface area contributed by atoms with Gasteiger partial charge in [-0.2, -0.15) is 8.78 Å². The fraction of sp³-hybridized carbons (Fsp3) is 0.588. The van der Waals surface area contributed by atoms with E-state index in [-0.39, 0.29) is 36.3 Å². The van der Waals surface area contributed by atoms with Crippen molar-refractivity contribution in [3.05, 3.63) is 23.8 Å². The highest BCUT2D eigenvalue weighted by molar-refractivity contribution is 14.0. The summed E-state index contributed by atoms with van der Waals surface area (Å²) < 4.78 is 34.6. The third-order valence-electron chi connectivity index (χ3n) is 4.11. The van der Waals surface area contributed by atoms with E-state index in [1.54, 1.807) is 12.1 Å². The van der Waals surface area contributed by atoms with E-state index in [4.69, 9.17) is 10.5 Å². The monoisotopic (exact) mass is 469 g/mol. The molecule has 0 bridgehead atoms. The maximum absolute atomic E-state index is 12.5. The fourth-order valence-electron chi connectivity index (χ4n) is 2.87. The van der Waals surface area contributed by atoms with E-state index in [9.17, 15) is 8.78 Å². The highest BCUT2D eigenvalue weighted by Gasteiger charge is 2.13. The van der Waals surface area contributed by atoms with Crippen molar-refractivity contribution in [3.63, 3.8) is 0 Å². The van der Waals surface area contributed by atoms with E-state index >= 15 is 0 Å². The summed E-state index contributed by atoms with van der Waals surface area (Å²) in [6.45, 7) is -2.74. The van der Waals surface area contributed by atoms with Crippen LogP contribution in [0, 0.1) is 0 Å². The van der Waals surface area contributed by atoms with Crippen LogP contribution in [-0.2, 0) is 6.54 Å².